The molecule has 126 valence electrons. The van der Waals surface area contributed by atoms with Gasteiger partial charge in [-0.2, -0.15) is 0 Å². The van der Waals surface area contributed by atoms with Crippen LogP contribution in [0.3, 0.4) is 0 Å². The molecule has 1 heterocycles. The summed E-state index contributed by atoms with van der Waals surface area (Å²) in [5.41, 5.74) is 2.91. The Bertz CT molecular complexity index is 237. The van der Waals surface area contributed by atoms with E-state index in [0.717, 1.165) is 39.1 Å². The van der Waals surface area contributed by atoms with Crippen LogP contribution in [0.5, 0.6) is 0 Å². The van der Waals surface area contributed by atoms with Gasteiger partial charge in [0.2, 0.25) is 0 Å². The second-order valence-corrected chi connectivity index (χ2v) is 6.24. The van der Waals surface area contributed by atoms with Gasteiger partial charge in [0.25, 0.3) is 0 Å². The summed E-state index contributed by atoms with van der Waals surface area (Å²) < 4.78 is 11.6. The van der Waals surface area contributed by atoms with E-state index in [-0.39, 0.29) is 11.6 Å². The molecule has 0 amide bonds. The van der Waals surface area contributed by atoms with E-state index in [1.807, 2.05) is 0 Å². The van der Waals surface area contributed by atoms with Gasteiger partial charge in [0, 0.05) is 32.7 Å². The standard InChI is InChI=1S/C17H36N2O2/c1-3-5-6-7-8-9-10-11-16(19-18)17(21-4-2)12-14-20-15-13-17/h16,19H,3-15,18H2,1-2H3. The largest absolute Gasteiger partial charge is 0.381 e. The molecule has 1 aliphatic heterocycles. The van der Waals surface area contributed by atoms with E-state index in [4.69, 9.17) is 15.3 Å². The van der Waals surface area contributed by atoms with Gasteiger partial charge in [-0.3, -0.25) is 11.3 Å². The van der Waals surface area contributed by atoms with Crippen LogP contribution < -0.4 is 11.3 Å². The van der Waals surface area contributed by atoms with E-state index in [1.54, 1.807) is 0 Å². The first-order chi connectivity index (χ1) is 10.3. The van der Waals surface area contributed by atoms with Crippen molar-refractivity contribution in [2.24, 2.45) is 5.84 Å². The molecule has 21 heavy (non-hydrogen) atoms. The van der Waals surface area contributed by atoms with Crippen LogP contribution in [0, 0.1) is 0 Å². The molecule has 0 aromatic carbocycles. The normalized spacial score (nSPS) is 19.6. The maximum absolute atomic E-state index is 6.11. The van der Waals surface area contributed by atoms with Crippen LogP contribution in [0.25, 0.3) is 0 Å². The third-order valence-corrected chi connectivity index (χ3v) is 4.70. The molecule has 0 saturated carbocycles. The van der Waals surface area contributed by atoms with Crippen molar-refractivity contribution in [1.29, 1.82) is 0 Å². The average molecular weight is 300 g/mol. The first-order valence-corrected chi connectivity index (χ1v) is 8.97. The fourth-order valence-electron chi connectivity index (χ4n) is 3.40. The highest BCUT2D eigenvalue weighted by atomic mass is 16.5. The molecule has 1 rings (SSSR count). The number of unbranched alkanes of at least 4 members (excludes halogenated alkanes) is 6. The van der Waals surface area contributed by atoms with Gasteiger partial charge in [-0.1, -0.05) is 51.9 Å². The third kappa shape index (κ3) is 6.64. The van der Waals surface area contributed by atoms with Crippen LogP contribution in [0.15, 0.2) is 0 Å². The number of hydrazine groups is 1. The van der Waals surface area contributed by atoms with Crippen LogP contribution in [-0.4, -0.2) is 31.5 Å². The van der Waals surface area contributed by atoms with Gasteiger partial charge in [0.05, 0.1) is 11.6 Å². The smallest absolute Gasteiger partial charge is 0.0891 e. The molecule has 1 atom stereocenters. The van der Waals surface area contributed by atoms with Crippen molar-refractivity contribution in [1.82, 2.24) is 5.43 Å². The fraction of sp³-hybridized carbons (Fsp3) is 1.00. The Morgan fingerprint density at radius 1 is 1.05 bits per heavy atom. The zero-order chi connectivity index (χ0) is 15.4. The molecule has 0 aliphatic carbocycles. The molecule has 1 aliphatic rings. The van der Waals surface area contributed by atoms with Gasteiger partial charge in [-0.25, -0.2) is 0 Å². The lowest BCUT2D eigenvalue weighted by Gasteiger charge is -2.43. The SMILES string of the molecule is CCCCCCCCCC(NN)C1(OCC)CCOCC1. The summed E-state index contributed by atoms with van der Waals surface area (Å²) in [6.45, 7) is 6.65. The summed E-state index contributed by atoms with van der Waals surface area (Å²) in [5.74, 6) is 5.83. The first kappa shape index (κ1) is 18.9. The fourth-order valence-corrected chi connectivity index (χ4v) is 3.40. The molecule has 0 aromatic heterocycles. The molecule has 0 radical (unpaired) electrons. The minimum atomic E-state index is -0.121. The number of nitrogens with two attached hydrogens (primary N) is 1. The van der Waals surface area contributed by atoms with E-state index in [9.17, 15) is 0 Å². The van der Waals surface area contributed by atoms with E-state index in [2.05, 4.69) is 19.3 Å². The molecule has 1 unspecified atom stereocenters. The predicted molar refractivity (Wildman–Crippen MR) is 88.1 cm³/mol. The number of rotatable bonds is 12. The minimum Gasteiger partial charge on any atom is -0.381 e. The topological polar surface area (TPSA) is 56.5 Å². The Morgan fingerprint density at radius 3 is 2.24 bits per heavy atom. The van der Waals surface area contributed by atoms with Gasteiger partial charge in [-0.15, -0.1) is 0 Å². The number of hydrogen-bond donors (Lipinski definition) is 2. The van der Waals surface area contributed by atoms with Gasteiger partial charge < -0.3 is 9.47 Å². The van der Waals surface area contributed by atoms with Crippen molar-refractivity contribution in [2.45, 2.75) is 89.7 Å². The van der Waals surface area contributed by atoms with Crippen LogP contribution in [0.1, 0.15) is 78.1 Å². The minimum absolute atomic E-state index is 0.121. The summed E-state index contributed by atoms with van der Waals surface area (Å²) in [5, 5.41) is 0. The molecule has 4 heteroatoms. The summed E-state index contributed by atoms with van der Waals surface area (Å²) in [4.78, 5) is 0. The second-order valence-electron chi connectivity index (χ2n) is 6.24. The average Bonchev–Trinajstić information content (AvgIpc) is 2.51. The van der Waals surface area contributed by atoms with Crippen LogP contribution in [0.4, 0.5) is 0 Å². The molecular formula is C17H36N2O2. The lowest BCUT2D eigenvalue weighted by molar-refractivity contribution is -0.128. The van der Waals surface area contributed by atoms with Gasteiger partial charge in [-0.05, 0) is 13.3 Å². The van der Waals surface area contributed by atoms with E-state index in [1.165, 1.54) is 44.9 Å². The van der Waals surface area contributed by atoms with Crippen LogP contribution in [-0.2, 0) is 9.47 Å². The van der Waals surface area contributed by atoms with Gasteiger partial charge >= 0.3 is 0 Å². The summed E-state index contributed by atoms with van der Waals surface area (Å²) in [6, 6.07) is 0.247. The van der Waals surface area contributed by atoms with Gasteiger partial charge in [0.15, 0.2) is 0 Å². The van der Waals surface area contributed by atoms with Crippen molar-refractivity contribution in [3.05, 3.63) is 0 Å². The highest BCUT2D eigenvalue weighted by Gasteiger charge is 2.40. The Morgan fingerprint density at radius 2 is 1.67 bits per heavy atom. The zero-order valence-electron chi connectivity index (χ0n) is 14.2. The van der Waals surface area contributed by atoms with E-state index >= 15 is 0 Å². The first-order valence-electron chi connectivity index (χ1n) is 8.97. The molecule has 0 spiro atoms. The van der Waals surface area contributed by atoms with Crippen LogP contribution in [0.2, 0.25) is 0 Å². The van der Waals surface area contributed by atoms with E-state index < -0.39 is 0 Å². The lowest BCUT2D eigenvalue weighted by atomic mass is 9.83. The van der Waals surface area contributed by atoms with Crippen molar-refractivity contribution >= 4 is 0 Å². The Kier molecular flexibility index (Phi) is 10.3. The van der Waals surface area contributed by atoms with E-state index in [0.29, 0.717) is 0 Å². The Labute approximate surface area is 131 Å². The second kappa shape index (κ2) is 11.4. The quantitative estimate of drug-likeness (QED) is 0.329. The molecule has 3 N–H and O–H groups in total. The maximum Gasteiger partial charge on any atom is 0.0891 e. The monoisotopic (exact) mass is 300 g/mol. The van der Waals surface area contributed by atoms with Crippen LogP contribution >= 0.6 is 0 Å². The number of ether oxygens (including phenoxy) is 2. The Balaban J connectivity index is 2.30. The highest BCUT2D eigenvalue weighted by molar-refractivity contribution is 4.94. The molecule has 1 fully saturated rings. The highest BCUT2D eigenvalue weighted by Crippen LogP contribution is 2.31. The lowest BCUT2D eigenvalue weighted by Crippen LogP contribution is -2.57. The maximum atomic E-state index is 6.11. The molecular weight excluding hydrogens is 264 g/mol. The molecule has 1 saturated heterocycles. The van der Waals surface area contributed by atoms with Crippen molar-refractivity contribution < 1.29 is 9.47 Å². The summed E-state index contributed by atoms with van der Waals surface area (Å²) >= 11 is 0. The zero-order valence-corrected chi connectivity index (χ0v) is 14.2. The molecule has 4 nitrogen and oxygen atoms in total. The summed E-state index contributed by atoms with van der Waals surface area (Å²) in [7, 11) is 0. The summed E-state index contributed by atoms with van der Waals surface area (Å²) in [6.07, 6.45) is 12.3. The number of nitrogens with one attached hydrogen (secondary N) is 1. The van der Waals surface area contributed by atoms with Crippen molar-refractivity contribution in [2.75, 3.05) is 19.8 Å². The Hall–Kier alpha value is -0.160. The molecule has 0 aromatic rings. The van der Waals surface area contributed by atoms with Crippen molar-refractivity contribution in [3.63, 3.8) is 0 Å². The van der Waals surface area contributed by atoms with Crippen molar-refractivity contribution in [3.8, 4) is 0 Å². The van der Waals surface area contributed by atoms with Gasteiger partial charge in [0.1, 0.15) is 0 Å². The predicted octanol–water partition coefficient (Wildman–Crippen LogP) is 3.54. The third-order valence-electron chi connectivity index (χ3n) is 4.70. The molecule has 0 bridgehead atoms. The number of hydrogen-bond acceptors (Lipinski definition) is 4.